The second-order valence-electron chi connectivity index (χ2n) is 7.81. The smallest absolute Gasteiger partial charge is 0.242 e. The Balaban J connectivity index is 1.62. The van der Waals surface area contributed by atoms with Crippen LogP contribution in [0.2, 0.25) is 0 Å². The molecule has 2 fully saturated rings. The number of methoxy groups -OCH3 is 2. The maximum Gasteiger partial charge on any atom is 0.242 e. The fraction of sp³-hybridized carbons (Fsp3) is 0.619. The van der Waals surface area contributed by atoms with Crippen molar-refractivity contribution < 1.29 is 19.1 Å². The van der Waals surface area contributed by atoms with Crippen molar-refractivity contribution in [1.82, 2.24) is 9.80 Å². The van der Waals surface area contributed by atoms with Crippen LogP contribution in [0.1, 0.15) is 49.3 Å². The maximum atomic E-state index is 13.0. The highest BCUT2D eigenvalue weighted by Gasteiger charge is 2.40. The third kappa shape index (κ3) is 3.26. The van der Waals surface area contributed by atoms with E-state index in [1.165, 1.54) is 12.0 Å². The Morgan fingerprint density at radius 3 is 2.48 bits per heavy atom. The molecule has 2 amide bonds. The Hall–Kier alpha value is -2.24. The summed E-state index contributed by atoms with van der Waals surface area (Å²) in [4.78, 5) is 29.5. The number of fused-ring (bicyclic) bond motifs is 3. The fourth-order valence-electron chi connectivity index (χ4n) is 4.83. The number of hydrogen-bond donors (Lipinski definition) is 0. The number of carbonyl (C=O) groups is 2. The maximum absolute atomic E-state index is 13.0. The van der Waals surface area contributed by atoms with Crippen molar-refractivity contribution in [2.75, 3.05) is 33.9 Å². The molecule has 3 aliphatic rings. The van der Waals surface area contributed by atoms with Gasteiger partial charge in [0.1, 0.15) is 0 Å². The minimum Gasteiger partial charge on any atom is -0.493 e. The van der Waals surface area contributed by atoms with Crippen LogP contribution >= 0.6 is 0 Å². The van der Waals surface area contributed by atoms with Crippen molar-refractivity contribution in [2.45, 2.75) is 44.6 Å². The van der Waals surface area contributed by atoms with Gasteiger partial charge in [0, 0.05) is 19.0 Å². The highest BCUT2D eigenvalue weighted by molar-refractivity contribution is 5.88. The van der Waals surface area contributed by atoms with Crippen LogP contribution in [-0.2, 0) is 16.0 Å². The average molecular weight is 372 g/mol. The Labute approximate surface area is 160 Å². The first kappa shape index (κ1) is 18.1. The predicted octanol–water partition coefficient (Wildman–Crippen LogP) is 2.55. The molecule has 2 heterocycles. The second-order valence-corrected chi connectivity index (χ2v) is 7.81. The van der Waals surface area contributed by atoms with Crippen molar-refractivity contribution in [3.05, 3.63) is 23.3 Å². The van der Waals surface area contributed by atoms with Crippen LogP contribution < -0.4 is 9.47 Å². The van der Waals surface area contributed by atoms with E-state index in [4.69, 9.17) is 9.47 Å². The largest absolute Gasteiger partial charge is 0.493 e. The first-order valence-electron chi connectivity index (χ1n) is 9.95. The van der Waals surface area contributed by atoms with E-state index in [0.717, 1.165) is 37.7 Å². The van der Waals surface area contributed by atoms with E-state index in [1.54, 1.807) is 19.1 Å². The number of piperazine rings is 1. The lowest BCUT2D eigenvalue weighted by molar-refractivity contribution is -0.152. The molecule has 0 unspecified atom stereocenters. The number of carbonyl (C=O) groups excluding carboxylic acids is 2. The SMILES string of the molecule is COc1cc2c(cc1OC)[C@@H]1CN(C(=O)C3CCCCC3)CC(=O)N1CC2. The molecule has 0 radical (unpaired) electrons. The van der Waals surface area contributed by atoms with E-state index in [2.05, 4.69) is 0 Å². The zero-order valence-electron chi connectivity index (χ0n) is 16.2. The number of hydrogen-bond acceptors (Lipinski definition) is 4. The summed E-state index contributed by atoms with van der Waals surface area (Å²) in [5.74, 6) is 1.68. The van der Waals surface area contributed by atoms with Gasteiger partial charge in [-0.3, -0.25) is 9.59 Å². The van der Waals surface area contributed by atoms with Gasteiger partial charge in [-0.15, -0.1) is 0 Å². The lowest BCUT2D eigenvalue weighted by Crippen LogP contribution is -2.56. The minimum atomic E-state index is -0.0950. The zero-order chi connectivity index (χ0) is 19.0. The van der Waals surface area contributed by atoms with Gasteiger partial charge in [-0.2, -0.15) is 0 Å². The summed E-state index contributed by atoms with van der Waals surface area (Å²) in [7, 11) is 3.25. The summed E-state index contributed by atoms with van der Waals surface area (Å²) in [5, 5.41) is 0. The number of ether oxygens (including phenoxy) is 2. The Kier molecular flexibility index (Phi) is 4.98. The summed E-state index contributed by atoms with van der Waals surface area (Å²) in [6, 6.07) is 3.90. The molecule has 4 rings (SSSR count). The van der Waals surface area contributed by atoms with Gasteiger partial charge in [0.05, 0.1) is 26.8 Å². The number of nitrogens with zero attached hydrogens (tertiary/aromatic N) is 2. The lowest BCUT2D eigenvalue weighted by Gasteiger charge is -2.45. The molecular formula is C21H28N2O4. The molecule has 0 spiro atoms. The van der Waals surface area contributed by atoms with Gasteiger partial charge in [0.25, 0.3) is 0 Å². The molecule has 27 heavy (non-hydrogen) atoms. The number of amides is 2. The summed E-state index contributed by atoms with van der Waals surface area (Å²) < 4.78 is 10.9. The van der Waals surface area contributed by atoms with Gasteiger partial charge >= 0.3 is 0 Å². The topological polar surface area (TPSA) is 59.1 Å². The summed E-state index contributed by atoms with van der Waals surface area (Å²) >= 11 is 0. The van der Waals surface area contributed by atoms with Gasteiger partial charge in [-0.25, -0.2) is 0 Å². The molecule has 0 N–H and O–H groups in total. The molecule has 0 bridgehead atoms. The van der Waals surface area contributed by atoms with Crippen LogP contribution in [0.25, 0.3) is 0 Å². The van der Waals surface area contributed by atoms with Gasteiger partial charge < -0.3 is 19.3 Å². The first-order chi connectivity index (χ1) is 13.1. The summed E-state index contributed by atoms with van der Waals surface area (Å²) in [6.07, 6.45) is 6.17. The van der Waals surface area contributed by atoms with Crippen molar-refractivity contribution in [3.63, 3.8) is 0 Å². The minimum absolute atomic E-state index is 0.0517. The third-order valence-corrected chi connectivity index (χ3v) is 6.31. The lowest BCUT2D eigenvalue weighted by atomic mass is 9.86. The molecule has 2 aliphatic heterocycles. The van der Waals surface area contributed by atoms with Crippen molar-refractivity contribution >= 4 is 11.8 Å². The molecule has 0 aromatic heterocycles. The molecule has 1 aromatic rings. The molecule has 1 saturated heterocycles. The van der Waals surface area contributed by atoms with Crippen LogP contribution in [0.3, 0.4) is 0 Å². The standard InChI is InChI=1S/C21H28N2O4/c1-26-18-10-15-8-9-23-17(16(15)11-19(18)27-2)12-22(13-20(23)24)21(25)14-6-4-3-5-7-14/h10-11,14,17H,3-9,12-13H2,1-2H3/t17-/m0/s1. The third-order valence-electron chi connectivity index (χ3n) is 6.31. The van der Waals surface area contributed by atoms with Crippen LogP contribution in [0.4, 0.5) is 0 Å². The van der Waals surface area contributed by atoms with E-state index in [1.807, 2.05) is 17.0 Å². The highest BCUT2D eigenvalue weighted by Crippen LogP contribution is 2.40. The fourth-order valence-corrected chi connectivity index (χ4v) is 4.83. The van der Waals surface area contributed by atoms with Crippen LogP contribution in [-0.4, -0.2) is 55.5 Å². The van der Waals surface area contributed by atoms with E-state index in [9.17, 15) is 9.59 Å². The van der Waals surface area contributed by atoms with Gasteiger partial charge in [-0.1, -0.05) is 19.3 Å². The van der Waals surface area contributed by atoms with E-state index < -0.39 is 0 Å². The van der Waals surface area contributed by atoms with Gasteiger partial charge in [0.2, 0.25) is 11.8 Å². The molecule has 1 atom stereocenters. The predicted molar refractivity (Wildman–Crippen MR) is 101 cm³/mol. The van der Waals surface area contributed by atoms with Gasteiger partial charge in [-0.05, 0) is 42.5 Å². The van der Waals surface area contributed by atoms with Crippen molar-refractivity contribution in [3.8, 4) is 11.5 Å². The molecule has 6 nitrogen and oxygen atoms in total. The van der Waals surface area contributed by atoms with Gasteiger partial charge in [0.15, 0.2) is 11.5 Å². The Morgan fingerprint density at radius 1 is 1.07 bits per heavy atom. The number of rotatable bonds is 3. The van der Waals surface area contributed by atoms with E-state index in [-0.39, 0.29) is 30.3 Å². The summed E-state index contributed by atoms with van der Waals surface area (Å²) in [5.41, 5.74) is 2.25. The second kappa shape index (κ2) is 7.41. The molecule has 146 valence electrons. The van der Waals surface area contributed by atoms with Crippen molar-refractivity contribution in [2.24, 2.45) is 5.92 Å². The summed E-state index contributed by atoms with van der Waals surface area (Å²) in [6.45, 7) is 1.48. The monoisotopic (exact) mass is 372 g/mol. The highest BCUT2D eigenvalue weighted by atomic mass is 16.5. The van der Waals surface area contributed by atoms with E-state index >= 15 is 0 Å². The number of benzene rings is 1. The first-order valence-corrected chi connectivity index (χ1v) is 9.95. The average Bonchev–Trinajstić information content (AvgIpc) is 2.72. The van der Waals surface area contributed by atoms with Crippen LogP contribution in [0, 0.1) is 5.92 Å². The Morgan fingerprint density at radius 2 is 1.78 bits per heavy atom. The van der Waals surface area contributed by atoms with Crippen molar-refractivity contribution in [1.29, 1.82) is 0 Å². The van der Waals surface area contributed by atoms with Crippen LogP contribution in [0.5, 0.6) is 11.5 Å². The van der Waals surface area contributed by atoms with Crippen LogP contribution in [0.15, 0.2) is 12.1 Å². The molecular weight excluding hydrogens is 344 g/mol. The molecule has 1 aromatic carbocycles. The normalized spacial score (nSPS) is 22.9. The quantitative estimate of drug-likeness (QED) is 0.818. The Bertz CT molecular complexity index is 742. The molecule has 6 heteroatoms. The van der Waals surface area contributed by atoms with E-state index in [0.29, 0.717) is 24.6 Å². The molecule has 1 aliphatic carbocycles. The zero-order valence-corrected chi connectivity index (χ0v) is 16.2. The molecule has 1 saturated carbocycles.